The first kappa shape index (κ1) is 13.8. The van der Waals surface area contributed by atoms with Gasteiger partial charge >= 0.3 is 0 Å². The van der Waals surface area contributed by atoms with Crippen molar-refractivity contribution >= 4 is 15.9 Å². The van der Waals surface area contributed by atoms with Gasteiger partial charge in [-0.15, -0.1) is 0 Å². The Balaban J connectivity index is 1.94. The van der Waals surface area contributed by atoms with Gasteiger partial charge in [0.1, 0.15) is 5.75 Å². The second-order valence-electron chi connectivity index (χ2n) is 4.33. The Kier molecular flexibility index (Phi) is 5.00. The molecule has 0 bridgehead atoms. The molecule has 2 rings (SSSR count). The summed E-state index contributed by atoms with van der Waals surface area (Å²) in [6, 6.07) is 5.91. The van der Waals surface area contributed by atoms with Gasteiger partial charge in [0.25, 0.3) is 0 Å². The van der Waals surface area contributed by atoms with Crippen molar-refractivity contribution in [3.8, 4) is 5.75 Å². The third kappa shape index (κ3) is 3.68. The minimum absolute atomic E-state index is 0.0107. The van der Waals surface area contributed by atoms with Gasteiger partial charge in [-0.05, 0) is 30.2 Å². The standard InChI is InChI=1S/C13H18BrNO3/c1-16-11-2-3-12(14)9(7-11)6-10(15)8-13-17-4-5-18-13/h2-3,7,10,13H,4-6,8,15H2,1H3. The van der Waals surface area contributed by atoms with E-state index in [-0.39, 0.29) is 12.3 Å². The van der Waals surface area contributed by atoms with Crippen LogP contribution < -0.4 is 10.5 Å². The third-order valence-electron chi connectivity index (χ3n) is 2.92. The van der Waals surface area contributed by atoms with E-state index in [4.69, 9.17) is 19.9 Å². The van der Waals surface area contributed by atoms with Crippen LogP contribution in [0.5, 0.6) is 5.75 Å². The molecular formula is C13H18BrNO3. The monoisotopic (exact) mass is 315 g/mol. The van der Waals surface area contributed by atoms with Crippen molar-refractivity contribution in [3.05, 3.63) is 28.2 Å². The molecular weight excluding hydrogens is 298 g/mol. The van der Waals surface area contributed by atoms with Gasteiger partial charge in [0.15, 0.2) is 6.29 Å². The fraction of sp³-hybridized carbons (Fsp3) is 0.538. The number of rotatable bonds is 5. The SMILES string of the molecule is COc1ccc(Br)c(CC(N)CC2OCCO2)c1. The molecule has 1 heterocycles. The summed E-state index contributed by atoms with van der Waals surface area (Å²) in [7, 11) is 1.66. The zero-order valence-electron chi connectivity index (χ0n) is 10.4. The molecule has 0 saturated carbocycles. The molecule has 5 heteroatoms. The molecule has 0 aromatic heterocycles. The first-order chi connectivity index (χ1) is 8.69. The van der Waals surface area contributed by atoms with Crippen molar-refractivity contribution in [1.29, 1.82) is 0 Å². The summed E-state index contributed by atoms with van der Waals surface area (Å²) in [5.41, 5.74) is 7.26. The molecule has 1 aliphatic heterocycles. The summed E-state index contributed by atoms with van der Waals surface area (Å²) in [6.07, 6.45) is 1.33. The first-order valence-electron chi connectivity index (χ1n) is 6.00. The van der Waals surface area contributed by atoms with Crippen LogP contribution in [-0.2, 0) is 15.9 Å². The highest BCUT2D eigenvalue weighted by Gasteiger charge is 2.20. The van der Waals surface area contributed by atoms with Gasteiger partial charge < -0.3 is 19.9 Å². The highest BCUT2D eigenvalue weighted by Crippen LogP contribution is 2.24. The van der Waals surface area contributed by atoms with Crippen molar-refractivity contribution in [2.45, 2.75) is 25.2 Å². The fourth-order valence-electron chi connectivity index (χ4n) is 1.99. The van der Waals surface area contributed by atoms with Crippen LogP contribution in [-0.4, -0.2) is 32.7 Å². The second kappa shape index (κ2) is 6.52. The smallest absolute Gasteiger partial charge is 0.159 e. The van der Waals surface area contributed by atoms with Crippen LogP contribution in [0.2, 0.25) is 0 Å². The van der Waals surface area contributed by atoms with E-state index >= 15 is 0 Å². The summed E-state index contributed by atoms with van der Waals surface area (Å²) in [5.74, 6) is 0.841. The van der Waals surface area contributed by atoms with Crippen LogP contribution in [0.25, 0.3) is 0 Å². The Morgan fingerprint density at radius 2 is 2.17 bits per heavy atom. The summed E-state index contributed by atoms with van der Waals surface area (Å²) in [6.45, 7) is 1.33. The van der Waals surface area contributed by atoms with E-state index in [1.165, 1.54) is 0 Å². The van der Waals surface area contributed by atoms with E-state index in [0.29, 0.717) is 19.6 Å². The number of methoxy groups -OCH3 is 1. The highest BCUT2D eigenvalue weighted by molar-refractivity contribution is 9.10. The van der Waals surface area contributed by atoms with E-state index in [0.717, 1.165) is 22.2 Å². The van der Waals surface area contributed by atoms with E-state index in [2.05, 4.69) is 15.9 Å². The number of hydrogen-bond acceptors (Lipinski definition) is 4. The molecule has 1 saturated heterocycles. The lowest BCUT2D eigenvalue weighted by molar-refractivity contribution is -0.0504. The molecule has 1 unspecified atom stereocenters. The maximum atomic E-state index is 6.12. The van der Waals surface area contributed by atoms with Gasteiger partial charge in [-0.2, -0.15) is 0 Å². The Morgan fingerprint density at radius 3 is 2.83 bits per heavy atom. The van der Waals surface area contributed by atoms with Gasteiger partial charge in [0.05, 0.1) is 20.3 Å². The number of halogens is 1. The number of hydrogen-bond donors (Lipinski definition) is 1. The number of ether oxygens (including phenoxy) is 3. The normalized spacial score (nSPS) is 17.9. The highest BCUT2D eigenvalue weighted by atomic mass is 79.9. The zero-order valence-corrected chi connectivity index (χ0v) is 12.0. The zero-order chi connectivity index (χ0) is 13.0. The molecule has 0 radical (unpaired) electrons. The first-order valence-corrected chi connectivity index (χ1v) is 6.79. The Hall–Kier alpha value is -0.620. The van der Waals surface area contributed by atoms with Crippen LogP contribution in [0.1, 0.15) is 12.0 Å². The maximum absolute atomic E-state index is 6.12. The topological polar surface area (TPSA) is 53.7 Å². The molecule has 1 aromatic rings. The maximum Gasteiger partial charge on any atom is 0.159 e. The molecule has 100 valence electrons. The van der Waals surface area contributed by atoms with Crippen molar-refractivity contribution in [2.24, 2.45) is 5.73 Å². The van der Waals surface area contributed by atoms with Crippen LogP contribution in [0.15, 0.2) is 22.7 Å². The van der Waals surface area contributed by atoms with Crippen LogP contribution in [0.4, 0.5) is 0 Å². The minimum Gasteiger partial charge on any atom is -0.497 e. The summed E-state index contributed by atoms with van der Waals surface area (Å²) in [5, 5.41) is 0. The lowest BCUT2D eigenvalue weighted by Crippen LogP contribution is -2.28. The average molecular weight is 316 g/mol. The predicted octanol–water partition coefficient (Wildman–Crippen LogP) is 2.09. The molecule has 1 aromatic carbocycles. The average Bonchev–Trinajstić information content (AvgIpc) is 2.84. The van der Waals surface area contributed by atoms with Crippen LogP contribution >= 0.6 is 15.9 Å². The minimum atomic E-state index is -0.149. The molecule has 1 fully saturated rings. The molecule has 1 aliphatic rings. The van der Waals surface area contributed by atoms with E-state index in [1.807, 2.05) is 18.2 Å². The third-order valence-corrected chi connectivity index (χ3v) is 3.69. The largest absolute Gasteiger partial charge is 0.497 e. The number of benzene rings is 1. The Labute approximate surface area is 116 Å². The lowest BCUT2D eigenvalue weighted by Gasteiger charge is -2.16. The fourth-order valence-corrected chi connectivity index (χ4v) is 2.40. The van der Waals surface area contributed by atoms with E-state index < -0.39 is 0 Å². The number of nitrogens with two attached hydrogens (primary N) is 1. The quantitative estimate of drug-likeness (QED) is 0.904. The van der Waals surface area contributed by atoms with Gasteiger partial charge in [-0.1, -0.05) is 15.9 Å². The van der Waals surface area contributed by atoms with Gasteiger partial charge in [-0.25, -0.2) is 0 Å². The van der Waals surface area contributed by atoms with Crippen LogP contribution in [0, 0.1) is 0 Å². The van der Waals surface area contributed by atoms with Crippen molar-refractivity contribution in [3.63, 3.8) is 0 Å². The molecule has 0 amide bonds. The molecule has 0 aliphatic carbocycles. The Bertz CT molecular complexity index is 394. The molecule has 1 atom stereocenters. The van der Waals surface area contributed by atoms with E-state index in [1.54, 1.807) is 7.11 Å². The molecule has 18 heavy (non-hydrogen) atoms. The Morgan fingerprint density at radius 1 is 1.44 bits per heavy atom. The summed E-state index contributed by atoms with van der Waals surface area (Å²) >= 11 is 3.53. The van der Waals surface area contributed by atoms with Crippen molar-refractivity contribution in [2.75, 3.05) is 20.3 Å². The van der Waals surface area contributed by atoms with Crippen molar-refractivity contribution < 1.29 is 14.2 Å². The van der Waals surface area contributed by atoms with E-state index in [9.17, 15) is 0 Å². The van der Waals surface area contributed by atoms with Crippen molar-refractivity contribution in [1.82, 2.24) is 0 Å². The molecule has 2 N–H and O–H groups in total. The second-order valence-corrected chi connectivity index (χ2v) is 5.18. The van der Waals surface area contributed by atoms with Crippen LogP contribution in [0.3, 0.4) is 0 Å². The molecule has 0 spiro atoms. The molecule has 4 nitrogen and oxygen atoms in total. The van der Waals surface area contributed by atoms with Gasteiger partial charge in [0.2, 0.25) is 0 Å². The predicted molar refractivity (Wildman–Crippen MR) is 72.7 cm³/mol. The summed E-state index contributed by atoms with van der Waals surface area (Å²) in [4.78, 5) is 0. The van der Waals surface area contributed by atoms with Gasteiger partial charge in [-0.3, -0.25) is 0 Å². The van der Waals surface area contributed by atoms with Gasteiger partial charge in [0, 0.05) is 16.9 Å². The summed E-state index contributed by atoms with van der Waals surface area (Å²) < 4.78 is 17.1. The lowest BCUT2D eigenvalue weighted by atomic mass is 10.0.